The van der Waals surface area contributed by atoms with E-state index in [0.29, 0.717) is 18.5 Å². The third kappa shape index (κ3) is 3.64. The molecule has 0 spiro atoms. The molecule has 2 fully saturated rings. The first-order valence-corrected chi connectivity index (χ1v) is 10.2. The van der Waals surface area contributed by atoms with Gasteiger partial charge in [-0.3, -0.25) is 14.6 Å². The number of hydrogen-bond acceptors (Lipinski definition) is 4. The SMILES string of the molecule is CNC(=O)c1ccc(N2C(=O)N(c3ccc(C#N)c(C(F)(F)F)c3)[C@@H]3CCCC[C@H]32)cn1. The number of amides is 3. The zero-order valence-electron chi connectivity index (χ0n) is 17.2. The van der Waals surface area contributed by atoms with Crippen molar-refractivity contribution in [2.45, 2.75) is 43.9 Å². The fourth-order valence-corrected chi connectivity index (χ4v) is 4.50. The molecule has 0 bridgehead atoms. The molecule has 2 atom stereocenters. The first kappa shape index (κ1) is 21.6. The number of aromatic nitrogens is 1. The molecule has 166 valence electrons. The second-order valence-corrected chi connectivity index (χ2v) is 7.76. The number of carbonyl (C=O) groups excluding carboxylic acids is 2. The second kappa shape index (κ2) is 8.15. The lowest BCUT2D eigenvalue weighted by atomic mass is 9.89. The predicted molar refractivity (Wildman–Crippen MR) is 110 cm³/mol. The molecule has 1 aromatic heterocycles. The minimum atomic E-state index is -4.71. The van der Waals surface area contributed by atoms with Crippen molar-refractivity contribution >= 4 is 23.3 Å². The first-order chi connectivity index (χ1) is 15.3. The van der Waals surface area contributed by atoms with Gasteiger partial charge >= 0.3 is 12.2 Å². The Morgan fingerprint density at radius 3 is 2.28 bits per heavy atom. The molecule has 1 aliphatic heterocycles. The first-order valence-electron chi connectivity index (χ1n) is 10.2. The van der Waals surface area contributed by atoms with Crippen LogP contribution in [0, 0.1) is 11.3 Å². The molecule has 1 N–H and O–H groups in total. The van der Waals surface area contributed by atoms with E-state index in [9.17, 15) is 22.8 Å². The lowest BCUT2D eigenvalue weighted by Crippen LogP contribution is -2.40. The molecule has 1 saturated carbocycles. The van der Waals surface area contributed by atoms with Crippen LogP contribution >= 0.6 is 0 Å². The van der Waals surface area contributed by atoms with E-state index in [2.05, 4.69) is 10.3 Å². The number of fused-ring (bicyclic) bond motifs is 1. The van der Waals surface area contributed by atoms with Crippen molar-refractivity contribution in [3.8, 4) is 6.07 Å². The number of urea groups is 1. The van der Waals surface area contributed by atoms with Gasteiger partial charge in [0, 0.05) is 12.7 Å². The smallest absolute Gasteiger partial charge is 0.354 e. The highest BCUT2D eigenvalue weighted by Crippen LogP contribution is 2.41. The highest BCUT2D eigenvalue weighted by molar-refractivity contribution is 6.07. The van der Waals surface area contributed by atoms with Gasteiger partial charge < -0.3 is 5.32 Å². The number of halogens is 3. The number of nitriles is 1. The third-order valence-electron chi connectivity index (χ3n) is 5.96. The number of rotatable bonds is 3. The van der Waals surface area contributed by atoms with E-state index in [-0.39, 0.29) is 29.4 Å². The van der Waals surface area contributed by atoms with E-state index in [1.165, 1.54) is 30.3 Å². The quantitative estimate of drug-likeness (QED) is 0.774. The normalized spacial score (nSPS) is 20.7. The summed E-state index contributed by atoms with van der Waals surface area (Å²) in [6, 6.07) is 7.07. The highest BCUT2D eigenvalue weighted by atomic mass is 19.4. The maximum atomic E-state index is 13.5. The molecule has 1 aliphatic carbocycles. The Hall–Kier alpha value is -3.61. The largest absolute Gasteiger partial charge is 0.417 e. The van der Waals surface area contributed by atoms with E-state index < -0.39 is 23.3 Å². The van der Waals surface area contributed by atoms with Crippen LogP contribution in [-0.4, -0.2) is 36.1 Å². The number of nitrogens with one attached hydrogen (secondary N) is 1. The Morgan fingerprint density at radius 1 is 1.12 bits per heavy atom. The number of alkyl halides is 3. The lowest BCUT2D eigenvalue weighted by Gasteiger charge is -2.31. The number of pyridine rings is 1. The summed E-state index contributed by atoms with van der Waals surface area (Å²) in [5, 5.41) is 11.5. The van der Waals surface area contributed by atoms with Gasteiger partial charge in [0.2, 0.25) is 0 Å². The standard InChI is InChI=1S/C22H20F3N5O2/c1-27-20(31)17-9-8-15(12-28-17)30-19-5-3-2-4-18(19)29(21(30)32)14-7-6-13(11-26)16(10-14)22(23,24)25/h6-10,12,18-19H,2-5H2,1H3,(H,27,31)/t18-,19-/m1/s1. The Labute approximate surface area is 182 Å². The van der Waals surface area contributed by atoms with E-state index in [0.717, 1.165) is 25.0 Å². The topological polar surface area (TPSA) is 89.3 Å². The molecule has 1 aromatic carbocycles. The molecule has 4 rings (SSSR count). The third-order valence-corrected chi connectivity index (χ3v) is 5.96. The van der Waals surface area contributed by atoms with Crippen LogP contribution in [-0.2, 0) is 6.18 Å². The summed E-state index contributed by atoms with van der Waals surface area (Å²) in [6.07, 6.45) is -0.185. The fraction of sp³-hybridized carbons (Fsp3) is 0.364. The van der Waals surface area contributed by atoms with Crippen molar-refractivity contribution in [3.05, 3.63) is 53.3 Å². The maximum Gasteiger partial charge on any atom is 0.417 e. The van der Waals surface area contributed by atoms with Crippen molar-refractivity contribution in [2.24, 2.45) is 0 Å². The molecule has 2 aromatic rings. The fourth-order valence-electron chi connectivity index (χ4n) is 4.50. The van der Waals surface area contributed by atoms with Crippen LogP contribution in [0.25, 0.3) is 0 Å². The van der Waals surface area contributed by atoms with Crippen molar-refractivity contribution < 1.29 is 22.8 Å². The van der Waals surface area contributed by atoms with Crippen molar-refractivity contribution in [1.82, 2.24) is 10.3 Å². The van der Waals surface area contributed by atoms with Crippen LogP contribution in [0.3, 0.4) is 0 Å². The molecule has 2 heterocycles. The Bertz CT molecular complexity index is 1090. The van der Waals surface area contributed by atoms with Gasteiger partial charge in [0.25, 0.3) is 5.91 Å². The van der Waals surface area contributed by atoms with Gasteiger partial charge in [0.05, 0.1) is 41.2 Å². The van der Waals surface area contributed by atoms with E-state index >= 15 is 0 Å². The van der Waals surface area contributed by atoms with Gasteiger partial charge in [0.15, 0.2) is 0 Å². The Morgan fingerprint density at radius 2 is 1.75 bits per heavy atom. The molecule has 7 nitrogen and oxygen atoms in total. The van der Waals surface area contributed by atoms with Crippen LogP contribution in [0.4, 0.5) is 29.3 Å². The van der Waals surface area contributed by atoms with Gasteiger partial charge in [-0.25, -0.2) is 9.78 Å². The van der Waals surface area contributed by atoms with E-state index in [1.54, 1.807) is 17.0 Å². The zero-order valence-corrected chi connectivity index (χ0v) is 17.2. The summed E-state index contributed by atoms with van der Waals surface area (Å²) in [5.41, 5.74) is -0.768. The molecule has 2 aliphatic rings. The van der Waals surface area contributed by atoms with Crippen LogP contribution in [0.15, 0.2) is 36.5 Å². The molecule has 0 unspecified atom stereocenters. The molecule has 10 heteroatoms. The highest BCUT2D eigenvalue weighted by Gasteiger charge is 2.48. The van der Waals surface area contributed by atoms with Gasteiger partial charge in [-0.15, -0.1) is 0 Å². The lowest BCUT2D eigenvalue weighted by molar-refractivity contribution is -0.137. The molecule has 0 radical (unpaired) electrons. The zero-order chi connectivity index (χ0) is 23.0. The van der Waals surface area contributed by atoms with E-state index in [4.69, 9.17) is 5.26 Å². The summed E-state index contributed by atoms with van der Waals surface area (Å²) >= 11 is 0. The van der Waals surface area contributed by atoms with Gasteiger partial charge in [0.1, 0.15) is 5.69 Å². The van der Waals surface area contributed by atoms with Crippen molar-refractivity contribution in [3.63, 3.8) is 0 Å². The van der Waals surface area contributed by atoms with Crippen LogP contribution in [0.2, 0.25) is 0 Å². The van der Waals surface area contributed by atoms with Crippen LogP contribution < -0.4 is 15.1 Å². The maximum absolute atomic E-state index is 13.5. The van der Waals surface area contributed by atoms with Crippen LogP contribution in [0.1, 0.15) is 47.3 Å². The summed E-state index contributed by atoms with van der Waals surface area (Å²) in [5.74, 6) is -0.362. The number of carbonyl (C=O) groups is 2. The summed E-state index contributed by atoms with van der Waals surface area (Å²) in [7, 11) is 1.49. The summed E-state index contributed by atoms with van der Waals surface area (Å²) in [4.78, 5) is 32.3. The Kier molecular flexibility index (Phi) is 5.50. The predicted octanol–water partition coefficient (Wildman–Crippen LogP) is 4.09. The van der Waals surface area contributed by atoms with Gasteiger partial charge in [-0.1, -0.05) is 12.8 Å². The molecular weight excluding hydrogens is 423 g/mol. The second-order valence-electron chi connectivity index (χ2n) is 7.76. The molecule has 3 amide bonds. The number of hydrogen-bond donors (Lipinski definition) is 1. The van der Waals surface area contributed by atoms with Gasteiger partial charge in [-0.05, 0) is 43.2 Å². The molecule has 1 saturated heterocycles. The summed E-state index contributed by atoms with van der Waals surface area (Å²) in [6.45, 7) is 0. The van der Waals surface area contributed by atoms with Crippen molar-refractivity contribution in [2.75, 3.05) is 16.8 Å². The minimum Gasteiger partial charge on any atom is -0.354 e. The number of nitrogens with zero attached hydrogens (tertiary/aromatic N) is 4. The van der Waals surface area contributed by atoms with Crippen LogP contribution in [0.5, 0.6) is 0 Å². The summed E-state index contributed by atoms with van der Waals surface area (Å²) < 4.78 is 40.5. The molecular formula is C22H20F3N5O2. The van der Waals surface area contributed by atoms with Crippen molar-refractivity contribution in [1.29, 1.82) is 5.26 Å². The van der Waals surface area contributed by atoms with Gasteiger partial charge in [-0.2, -0.15) is 18.4 Å². The number of anilines is 2. The minimum absolute atomic E-state index is 0.107. The number of benzene rings is 1. The average Bonchev–Trinajstić information content (AvgIpc) is 3.09. The molecule has 32 heavy (non-hydrogen) atoms. The average molecular weight is 443 g/mol. The Balaban J connectivity index is 1.74. The monoisotopic (exact) mass is 443 g/mol. The van der Waals surface area contributed by atoms with E-state index in [1.807, 2.05) is 0 Å².